The molecule has 25 heavy (non-hydrogen) atoms. The van der Waals surface area contributed by atoms with Gasteiger partial charge in [-0.05, 0) is 18.9 Å². The number of unbranched alkanes of at least 4 members (excludes halogenated alkanes) is 9. The quantitative estimate of drug-likeness (QED) is 0.376. The Morgan fingerprint density at radius 2 is 1.44 bits per heavy atom. The average molecular weight is 348 g/mol. The Kier molecular flexibility index (Phi) is 10.4. The molecule has 1 rings (SSSR count). The molecule has 3 nitrogen and oxygen atoms in total. The van der Waals surface area contributed by atoms with Crippen LogP contribution in [0.1, 0.15) is 92.7 Å². The van der Waals surface area contributed by atoms with Gasteiger partial charge >= 0.3 is 0 Å². The van der Waals surface area contributed by atoms with Crippen molar-refractivity contribution in [1.82, 2.24) is 4.90 Å². The van der Waals surface area contributed by atoms with Crippen LogP contribution in [0.15, 0.2) is 12.3 Å². The highest BCUT2D eigenvalue weighted by Gasteiger charge is 2.21. The van der Waals surface area contributed by atoms with Gasteiger partial charge in [0.1, 0.15) is 12.1 Å². The normalized spacial score (nSPS) is 10.9. The van der Waals surface area contributed by atoms with Crippen LogP contribution in [0.4, 0.5) is 0 Å². The number of hydrogen-bond donors (Lipinski definition) is 0. The Hall–Kier alpha value is -1.38. The molecule has 1 aromatic heterocycles. The minimum atomic E-state index is 0.104. The minimum Gasteiger partial charge on any atom is -0.345 e. The van der Waals surface area contributed by atoms with Gasteiger partial charge in [0.25, 0.3) is 5.91 Å². The predicted octanol–water partition coefficient (Wildman–Crippen LogP) is 5.21. The number of nitrogens with zero attached hydrogens (tertiary/aromatic N) is 2. The van der Waals surface area contributed by atoms with Gasteiger partial charge < -0.3 is 4.90 Å². The second-order valence-corrected chi connectivity index (χ2v) is 7.53. The first-order valence-corrected chi connectivity index (χ1v) is 10.2. The summed E-state index contributed by atoms with van der Waals surface area (Å²) in [4.78, 5) is 14.1. The molecule has 0 aliphatic carbocycles. The van der Waals surface area contributed by atoms with Crippen LogP contribution in [-0.4, -0.2) is 24.9 Å². The van der Waals surface area contributed by atoms with Gasteiger partial charge in [0.05, 0.1) is 0 Å². The van der Waals surface area contributed by atoms with E-state index < -0.39 is 0 Å². The second kappa shape index (κ2) is 12.1. The summed E-state index contributed by atoms with van der Waals surface area (Å²) in [5, 5.41) is 0. The van der Waals surface area contributed by atoms with Gasteiger partial charge in [-0.2, -0.15) is 0 Å². The fourth-order valence-electron chi connectivity index (χ4n) is 3.38. The first-order valence-electron chi connectivity index (χ1n) is 10.2. The standard InChI is InChI=1S/C22H39N2O/c1-6-7-8-9-10-11-12-13-14-15-17-24-18-16-19(2)21(20(24)3)22(25)23(4)5/h16,18H,6-15,17H2,1-5H3/q+1. The highest BCUT2D eigenvalue weighted by atomic mass is 16.2. The molecule has 0 N–H and O–H groups in total. The maximum Gasteiger partial charge on any atom is 0.259 e. The van der Waals surface area contributed by atoms with Gasteiger partial charge in [-0.25, -0.2) is 4.57 Å². The fourth-order valence-corrected chi connectivity index (χ4v) is 3.38. The Bertz CT molecular complexity index is 523. The van der Waals surface area contributed by atoms with Crippen LogP contribution in [0.25, 0.3) is 0 Å². The zero-order valence-electron chi connectivity index (χ0n) is 17.2. The van der Waals surface area contributed by atoms with Crippen molar-refractivity contribution in [3.8, 4) is 0 Å². The van der Waals surface area contributed by atoms with Gasteiger partial charge in [0.15, 0.2) is 11.9 Å². The van der Waals surface area contributed by atoms with Crippen LogP contribution >= 0.6 is 0 Å². The third-order valence-corrected chi connectivity index (χ3v) is 5.06. The monoisotopic (exact) mass is 347 g/mol. The zero-order chi connectivity index (χ0) is 18.7. The maximum absolute atomic E-state index is 12.4. The van der Waals surface area contributed by atoms with Gasteiger partial charge in [0, 0.05) is 33.5 Å². The summed E-state index contributed by atoms with van der Waals surface area (Å²) in [6, 6.07) is 2.07. The van der Waals surface area contributed by atoms with Crippen molar-refractivity contribution in [2.24, 2.45) is 0 Å². The molecule has 0 aliphatic heterocycles. The van der Waals surface area contributed by atoms with Crippen molar-refractivity contribution >= 4 is 5.91 Å². The van der Waals surface area contributed by atoms with E-state index in [1.807, 2.05) is 21.0 Å². The van der Waals surface area contributed by atoms with E-state index in [0.29, 0.717) is 0 Å². The molecule has 0 fully saturated rings. The molecule has 0 unspecified atom stereocenters. The number of aromatic nitrogens is 1. The lowest BCUT2D eigenvalue weighted by molar-refractivity contribution is -0.703. The Labute approximate surface area is 155 Å². The topological polar surface area (TPSA) is 24.2 Å². The van der Waals surface area contributed by atoms with Crippen molar-refractivity contribution in [3.63, 3.8) is 0 Å². The molecule has 0 atom stereocenters. The Morgan fingerprint density at radius 3 is 1.96 bits per heavy atom. The summed E-state index contributed by atoms with van der Waals surface area (Å²) < 4.78 is 2.24. The van der Waals surface area contributed by atoms with Crippen LogP contribution in [0, 0.1) is 13.8 Å². The molecule has 142 valence electrons. The van der Waals surface area contributed by atoms with E-state index >= 15 is 0 Å². The summed E-state index contributed by atoms with van der Waals surface area (Å²) in [5.74, 6) is 0.104. The first kappa shape index (κ1) is 21.7. The van der Waals surface area contributed by atoms with Crippen LogP contribution < -0.4 is 4.57 Å². The van der Waals surface area contributed by atoms with E-state index in [9.17, 15) is 4.79 Å². The van der Waals surface area contributed by atoms with Gasteiger partial charge in [0.2, 0.25) is 0 Å². The lowest BCUT2D eigenvalue weighted by Crippen LogP contribution is -2.40. The molecule has 1 aromatic rings. The largest absolute Gasteiger partial charge is 0.345 e. The van der Waals surface area contributed by atoms with Gasteiger partial charge in [-0.15, -0.1) is 0 Å². The molecular weight excluding hydrogens is 308 g/mol. The second-order valence-electron chi connectivity index (χ2n) is 7.53. The molecular formula is C22H39N2O+. The Morgan fingerprint density at radius 1 is 0.920 bits per heavy atom. The highest BCUT2D eigenvalue weighted by Crippen LogP contribution is 2.13. The van der Waals surface area contributed by atoms with Crippen LogP contribution in [0.2, 0.25) is 0 Å². The number of hydrogen-bond acceptors (Lipinski definition) is 1. The third kappa shape index (κ3) is 7.58. The molecule has 0 saturated carbocycles. The summed E-state index contributed by atoms with van der Waals surface area (Å²) in [5.41, 5.74) is 3.02. The molecule has 3 heteroatoms. The number of carbonyl (C=O) groups excluding carboxylic acids is 1. The smallest absolute Gasteiger partial charge is 0.259 e. The van der Waals surface area contributed by atoms with E-state index in [0.717, 1.165) is 23.4 Å². The van der Waals surface area contributed by atoms with E-state index in [4.69, 9.17) is 0 Å². The van der Waals surface area contributed by atoms with Crippen molar-refractivity contribution in [3.05, 3.63) is 29.1 Å². The number of pyridine rings is 1. The van der Waals surface area contributed by atoms with Crippen LogP contribution in [0.5, 0.6) is 0 Å². The first-order chi connectivity index (χ1) is 12.0. The zero-order valence-corrected chi connectivity index (χ0v) is 17.2. The lowest BCUT2D eigenvalue weighted by atomic mass is 10.1. The van der Waals surface area contributed by atoms with Crippen LogP contribution in [-0.2, 0) is 6.54 Å². The lowest BCUT2D eigenvalue weighted by Gasteiger charge is -2.13. The van der Waals surface area contributed by atoms with E-state index in [1.165, 1.54) is 64.2 Å². The molecule has 0 radical (unpaired) electrons. The highest BCUT2D eigenvalue weighted by molar-refractivity contribution is 5.95. The molecule has 0 spiro atoms. The van der Waals surface area contributed by atoms with Crippen molar-refractivity contribution in [2.45, 2.75) is 91.5 Å². The predicted molar refractivity (Wildman–Crippen MR) is 106 cm³/mol. The van der Waals surface area contributed by atoms with Crippen LogP contribution in [0.3, 0.4) is 0 Å². The molecule has 0 bridgehead atoms. The number of carbonyl (C=O) groups is 1. The summed E-state index contributed by atoms with van der Waals surface area (Å²) >= 11 is 0. The number of amides is 1. The number of rotatable bonds is 12. The molecule has 1 heterocycles. The molecule has 0 saturated heterocycles. The summed E-state index contributed by atoms with van der Waals surface area (Å²) in [6.07, 6.45) is 15.7. The van der Waals surface area contributed by atoms with Gasteiger partial charge in [-0.3, -0.25) is 4.79 Å². The van der Waals surface area contributed by atoms with E-state index in [-0.39, 0.29) is 5.91 Å². The third-order valence-electron chi connectivity index (χ3n) is 5.06. The van der Waals surface area contributed by atoms with Crippen molar-refractivity contribution < 1.29 is 9.36 Å². The van der Waals surface area contributed by atoms with Crippen molar-refractivity contribution in [1.29, 1.82) is 0 Å². The SMILES string of the molecule is CCCCCCCCCCCC[n+]1ccc(C)c(C(=O)N(C)C)c1C. The number of aryl methyl sites for hydroxylation is 2. The summed E-state index contributed by atoms with van der Waals surface area (Å²) in [6.45, 7) is 7.37. The molecule has 1 amide bonds. The van der Waals surface area contributed by atoms with E-state index in [2.05, 4.69) is 30.7 Å². The average Bonchev–Trinajstić information content (AvgIpc) is 2.58. The Balaban J connectivity index is 2.34. The molecule has 0 aromatic carbocycles. The molecule has 0 aliphatic rings. The van der Waals surface area contributed by atoms with Crippen molar-refractivity contribution in [2.75, 3.05) is 14.1 Å². The van der Waals surface area contributed by atoms with Gasteiger partial charge in [-0.1, -0.05) is 58.3 Å². The minimum absolute atomic E-state index is 0.104. The maximum atomic E-state index is 12.4. The van der Waals surface area contributed by atoms with E-state index in [1.54, 1.807) is 4.90 Å². The fraction of sp³-hybridized carbons (Fsp3) is 0.727. The summed E-state index contributed by atoms with van der Waals surface area (Å²) in [7, 11) is 3.64.